The average Bonchev–Trinajstić information content (AvgIpc) is 2.90. The number of carbonyl (C=O) groups is 1. The Morgan fingerprint density at radius 2 is 1.56 bits per heavy atom. The summed E-state index contributed by atoms with van der Waals surface area (Å²) in [5, 5.41) is 0.522. The fourth-order valence-corrected chi connectivity index (χ4v) is 5.86. The zero-order chi connectivity index (χ0) is 25.4. The predicted octanol–water partition coefficient (Wildman–Crippen LogP) is 3.15. The number of sulfonamides is 1. The molecule has 0 aliphatic carbocycles. The Labute approximate surface area is 209 Å². The lowest BCUT2D eigenvalue weighted by Gasteiger charge is -2.34. The Balaban J connectivity index is 1.29. The Kier molecular flexibility index (Phi) is 6.19. The minimum Gasteiger partial charge on any atom is -0.336 e. The van der Waals surface area contributed by atoms with Gasteiger partial charge in [0.25, 0.3) is 11.5 Å². The van der Waals surface area contributed by atoms with Gasteiger partial charge in [-0.15, -0.1) is 0 Å². The minimum atomic E-state index is -3.61. The SMILES string of the molecule is Cc1ccc(S(=O)(=O)N2CCN(C(=O)c3ccc(-n4cnc5ccccc5c4=O)cc3)CC2)cc1C. The van der Waals surface area contributed by atoms with Crippen molar-refractivity contribution in [3.8, 4) is 5.69 Å². The van der Waals surface area contributed by atoms with Crippen LogP contribution in [0.3, 0.4) is 0 Å². The van der Waals surface area contributed by atoms with Gasteiger partial charge in [-0.2, -0.15) is 4.31 Å². The number of nitrogens with zero attached hydrogens (tertiary/aromatic N) is 4. The molecule has 0 atom stereocenters. The number of para-hydroxylation sites is 1. The van der Waals surface area contributed by atoms with Crippen LogP contribution >= 0.6 is 0 Å². The molecule has 4 aromatic rings. The third-order valence-corrected chi connectivity index (χ3v) is 8.59. The Bertz CT molecular complexity index is 1620. The summed E-state index contributed by atoms with van der Waals surface area (Å²) in [6.07, 6.45) is 1.48. The molecule has 9 heteroatoms. The molecular formula is C27H26N4O4S. The first-order valence-corrected chi connectivity index (χ1v) is 13.1. The summed E-state index contributed by atoms with van der Waals surface area (Å²) in [6, 6.07) is 19.1. The van der Waals surface area contributed by atoms with E-state index >= 15 is 0 Å². The van der Waals surface area contributed by atoms with E-state index in [-0.39, 0.29) is 29.5 Å². The summed E-state index contributed by atoms with van der Waals surface area (Å²) in [7, 11) is -3.61. The van der Waals surface area contributed by atoms with E-state index in [4.69, 9.17) is 0 Å². The van der Waals surface area contributed by atoms with E-state index < -0.39 is 10.0 Å². The summed E-state index contributed by atoms with van der Waals surface area (Å²) in [5.74, 6) is -0.172. The number of hydrogen-bond acceptors (Lipinski definition) is 5. The van der Waals surface area contributed by atoms with Gasteiger partial charge in [0.15, 0.2) is 0 Å². The van der Waals surface area contributed by atoms with E-state index in [0.717, 1.165) is 11.1 Å². The first-order chi connectivity index (χ1) is 17.3. The smallest absolute Gasteiger partial charge is 0.265 e. The lowest BCUT2D eigenvalue weighted by molar-refractivity contribution is 0.0698. The minimum absolute atomic E-state index is 0.172. The lowest BCUT2D eigenvalue weighted by atomic mass is 10.1. The van der Waals surface area contributed by atoms with E-state index in [0.29, 0.717) is 35.2 Å². The Morgan fingerprint density at radius 1 is 0.861 bits per heavy atom. The Hall–Kier alpha value is -3.82. The molecule has 0 bridgehead atoms. The van der Waals surface area contributed by atoms with Crippen LogP contribution in [0.15, 0.2) is 82.7 Å². The van der Waals surface area contributed by atoms with Crippen LogP contribution in [0.25, 0.3) is 16.6 Å². The molecule has 8 nitrogen and oxygen atoms in total. The molecule has 2 heterocycles. The number of fused-ring (bicyclic) bond motifs is 1. The number of hydrogen-bond donors (Lipinski definition) is 0. The first kappa shape index (κ1) is 23.9. The number of aryl methyl sites for hydroxylation is 2. The second-order valence-electron chi connectivity index (χ2n) is 8.93. The highest BCUT2D eigenvalue weighted by Crippen LogP contribution is 2.21. The monoisotopic (exact) mass is 502 g/mol. The van der Waals surface area contributed by atoms with Gasteiger partial charge in [0.1, 0.15) is 6.33 Å². The summed E-state index contributed by atoms with van der Waals surface area (Å²) >= 11 is 0. The summed E-state index contributed by atoms with van der Waals surface area (Å²) in [4.78, 5) is 32.2. The van der Waals surface area contributed by atoms with Gasteiger partial charge in [-0.05, 0) is 73.5 Å². The molecule has 5 rings (SSSR count). The highest BCUT2D eigenvalue weighted by molar-refractivity contribution is 7.89. The maximum Gasteiger partial charge on any atom is 0.265 e. The van der Waals surface area contributed by atoms with Gasteiger partial charge in [-0.3, -0.25) is 14.2 Å². The van der Waals surface area contributed by atoms with Gasteiger partial charge in [0.2, 0.25) is 10.0 Å². The van der Waals surface area contributed by atoms with Crippen molar-refractivity contribution in [1.82, 2.24) is 18.8 Å². The third-order valence-electron chi connectivity index (χ3n) is 6.70. The molecule has 1 saturated heterocycles. The molecule has 0 spiro atoms. The number of carbonyl (C=O) groups excluding carboxylic acids is 1. The van der Waals surface area contributed by atoms with Gasteiger partial charge < -0.3 is 4.90 Å². The van der Waals surface area contributed by atoms with E-state index in [1.807, 2.05) is 26.0 Å². The number of amides is 1. The summed E-state index contributed by atoms with van der Waals surface area (Å²) in [5.41, 5.74) is 3.50. The van der Waals surface area contributed by atoms with Crippen molar-refractivity contribution in [1.29, 1.82) is 0 Å². The first-order valence-electron chi connectivity index (χ1n) is 11.7. The van der Waals surface area contributed by atoms with Crippen molar-refractivity contribution in [2.24, 2.45) is 0 Å². The fourth-order valence-electron chi connectivity index (χ4n) is 4.36. The number of piperazine rings is 1. The van der Waals surface area contributed by atoms with Crippen molar-refractivity contribution >= 4 is 26.8 Å². The van der Waals surface area contributed by atoms with Crippen LogP contribution in [0.1, 0.15) is 21.5 Å². The highest BCUT2D eigenvalue weighted by atomic mass is 32.2. The maximum absolute atomic E-state index is 13.1. The topological polar surface area (TPSA) is 92.6 Å². The standard InChI is InChI=1S/C27H26N4O4S/c1-19-7-12-23(17-20(19)2)36(34,35)30-15-13-29(14-16-30)26(32)21-8-10-22(11-9-21)31-18-28-25-6-4-3-5-24(25)27(31)33/h3-12,17-18H,13-16H2,1-2H3. The van der Waals surface area contributed by atoms with E-state index in [9.17, 15) is 18.0 Å². The van der Waals surface area contributed by atoms with Gasteiger partial charge in [-0.25, -0.2) is 13.4 Å². The van der Waals surface area contributed by atoms with Crippen molar-refractivity contribution < 1.29 is 13.2 Å². The molecule has 1 amide bonds. The van der Waals surface area contributed by atoms with Gasteiger partial charge in [0.05, 0.1) is 21.5 Å². The molecule has 0 unspecified atom stereocenters. The van der Waals surface area contributed by atoms with Crippen LogP contribution in [0, 0.1) is 13.8 Å². The molecule has 1 aliphatic rings. The van der Waals surface area contributed by atoms with Crippen molar-refractivity contribution in [3.05, 3.63) is 100 Å². The zero-order valence-corrected chi connectivity index (χ0v) is 20.9. The summed E-state index contributed by atoms with van der Waals surface area (Å²) < 4.78 is 29.0. The van der Waals surface area contributed by atoms with Gasteiger partial charge in [0, 0.05) is 31.7 Å². The molecule has 1 fully saturated rings. The van der Waals surface area contributed by atoms with E-state index in [2.05, 4.69) is 4.98 Å². The largest absolute Gasteiger partial charge is 0.336 e. The molecule has 36 heavy (non-hydrogen) atoms. The second kappa shape index (κ2) is 9.33. The van der Waals surface area contributed by atoms with Crippen LogP contribution < -0.4 is 5.56 Å². The predicted molar refractivity (Wildman–Crippen MR) is 138 cm³/mol. The average molecular weight is 503 g/mol. The molecular weight excluding hydrogens is 476 g/mol. The van der Waals surface area contributed by atoms with Crippen LogP contribution in [-0.4, -0.2) is 59.3 Å². The zero-order valence-electron chi connectivity index (χ0n) is 20.1. The lowest BCUT2D eigenvalue weighted by Crippen LogP contribution is -2.50. The highest BCUT2D eigenvalue weighted by Gasteiger charge is 2.30. The maximum atomic E-state index is 13.1. The van der Waals surface area contributed by atoms with Crippen molar-refractivity contribution in [2.45, 2.75) is 18.7 Å². The molecule has 1 aromatic heterocycles. The van der Waals surface area contributed by atoms with Crippen LogP contribution in [-0.2, 0) is 10.0 Å². The molecule has 184 valence electrons. The number of aromatic nitrogens is 2. The van der Waals surface area contributed by atoms with Gasteiger partial charge >= 0.3 is 0 Å². The quantitative estimate of drug-likeness (QED) is 0.428. The van der Waals surface area contributed by atoms with Crippen LogP contribution in [0.4, 0.5) is 0 Å². The number of rotatable bonds is 4. The van der Waals surface area contributed by atoms with E-state index in [1.54, 1.807) is 59.5 Å². The Morgan fingerprint density at radius 3 is 2.25 bits per heavy atom. The normalized spacial score (nSPS) is 14.8. The molecule has 3 aromatic carbocycles. The van der Waals surface area contributed by atoms with Crippen molar-refractivity contribution in [3.63, 3.8) is 0 Å². The van der Waals surface area contributed by atoms with Crippen LogP contribution in [0.5, 0.6) is 0 Å². The van der Waals surface area contributed by atoms with Crippen LogP contribution in [0.2, 0.25) is 0 Å². The second-order valence-corrected chi connectivity index (χ2v) is 10.9. The third kappa shape index (κ3) is 4.31. The fraction of sp³-hybridized carbons (Fsp3) is 0.222. The molecule has 1 aliphatic heterocycles. The number of benzene rings is 3. The van der Waals surface area contributed by atoms with E-state index in [1.165, 1.54) is 15.2 Å². The molecule has 0 N–H and O–H groups in total. The molecule has 0 saturated carbocycles. The summed E-state index contributed by atoms with van der Waals surface area (Å²) in [6.45, 7) is 4.91. The molecule has 0 radical (unpaired) electrons. The van der Waals surface area contributed by atoms with Crippen molar-refractivity contribution in [2.75, 3.05) is 26.2 Å². The van der Waals surface area contributed by atoms with Gasteiger partial charge in [-0.1, -0.05) is 18.2 Å².